The summed E-state index contributed by atoms with van der Waals surface area (Å²) < 4.78 is 0. The summed E-state index contributed by atoms with van der Waals surface area (Å²) in [6.07, 6.45) is 1.47. The van der Waals surface area contributed by atoms with Crippen LogP contribution in [0.4, 0.5) is 17.3 Å². The van der Waals surface area contributed by atoms with Gasteiger partial charge in [-0.1, -0.05) is 6.07 Å². The van der Waals surface area contributed by atoms with E-state index in [1.807, 2.05) is 0 Å². The summed E-state index contributed by atoms with van der Waals surface area (Å²) in [4.78, 5) is 32.0. The van der Waals surface area contributed by atoms with E-state index < -0.39 is 5.91 Å². The van der Waals surface area contributed by atoms with Crippen molar-refractivity contribution in [3.8, 4) is 6.07 Å². The number of aromatic nitrogens is 2. The number of nitriles is 1. The van der Waals surface area contributed by atoms with Gasteiger partial charge in [0.2, 0.25) is 5.95 Å². The van der Waals surface area contributed by atoms with Crippen LogP contribution in [0.3, 0.4) is 0 Å². The number of nitrogens with zero attached hydrogens (tertiary/aromatic N) is 3. The highest BCUT2D eigenvalue weighted by Gasteiger charge is 2.10. The molecule has 1 aromatic heterocycles. The minimum absolute atomic E-state index is 0.0418. The van der Waals surface area contributed by atoms with Crippen molar-refractivity contribution in [2.45, 2.75) is 6.92 Å². The maximum Gasteiger partial charge on any atom is 0.274 e. The molecule has 1 amide bonds. The molecule has 0 aliphatic heterocycles. The second-order valence-corrected chi connectivity index (χ2v) is 5.67. The lowest BCUT2D eigenvalue weighted by Gasteiger charge is -2.08. The lowest BCUT2D eigenvalue weighted by Crippen LogP contribution is -2.14. The number of amides is 1. The van der Waals surface area contributed by atoms with Crippen LogP contribution in [-0.4, -0.2) is 21.7 Å². The Morgan fingerprint density at radius 3 is 2.52 bits per heavy atom. The summed E-state index contributed by atoms with van der Waals surface area (Å²) in [5, 5.41) is 14.6. The van der Waals surface area contributed by atoms with Crippen molar-refractivity contribution >= 4 is 29.0 Å². The Morgan fingerprint density at radius 2 is 1.81 bits per heavy atom. The van der Waals surface area contributed by atoms with Gasteiger partial charge in [-0.3, -0.25) is 9.59 Å². The Labute approximate surface area is 155 Å². The van der Waals surface area contributed by atoms with Crippen LogP contribution in [0.25, 0.3) is 0 Å². The molecule has 27 heavy (non-hydrogen) atoms. The third-order valence-corrected chi connectivity index (χ3v) is 3.69. The molecule has 0 bridgehead atoms. The van der Waals surface area contributed by atoms with Gasteiger partial charge in [-0.15, -0.1) is 0 Å². The molecule has 0 atom stereocenters. The zero-order chi connectivity index (χ0) is 19.2. The van der Waals surface area contributed by atoms with E-state index in [1.54, 1.807) is 48.5 Å². The first-order valence-electron chi connectivity index (χ1n) is 8.08. The van der Waals surface area contributed by atoms with Gasteiger partial charge in [-0.05, 0) is 55.5 Å². The van der Waals surface area contributed by atoms with E-state index in [2.05, 4.69) is 26.7 Å². The van der Waals surface area contributed by atoms with E-state index in [0.29, 0.717) is 22.5 Å². The van der Waals surface area contributed by atoms with E-state index in [9.17, 15) is 9.59 Å². The smallest absolute Gasteiger partial charge is 0.274 e. The molecular weight excluding hydrogens is 342 g/mol. The van der Waals surface area contributed by atoms with Crippen molar-refractivity contribution in [1.82, 2.24) is 9.97 Å². The zero-order valence-corrected chi connectivity index (χ0v) is 14.4. The molecule has 7 nitrogen and oxygen atoms in total. The van der Waals surface area contributed by atoms with Gasteiger partial charge in [0, 0.05) is 23.1 Å². The third kappa shape index (κ3) is 4.52. The van der Waals surface area contributed by atoms with Crippen LogP contribution in [0.2, 0.25) is 0 Å². The first kappa shape index (κ1) is 17.8. The number of hydrogen-bond donors (Lipinski definition) is 2. The molecule has 0 radical (unpaired) electrons. The molecule has 0 fully saturated rings. The monoisotopic (exact) mass is 357 g/mol. The van der Waals surface area contributed by atoms with E-state index in [0.717, 1.165) is 0 Å². The van der Waals surface area contributed by atoms with Gasteiger partial charge >= 0.3 is 0 Å². The van der Waals surface area contributed by atoms with Crippen LogP contribution in [-0.2, 0) is 0 Å². The average Bonchev–Trinajstić information content (AvgIpc) is 2.68. The van der Waals surface area contributed by atoms with Crippen molar-refractivity contribution in [1.29, 1.82) is 5.26 Å². The summed E-state index contributed by atoms with van der Waals surface area (Å²) in [7, 11) is 0. The van der Waals surface area contributed by atoms with Crippen molar-refractivity contribution in [2.75, 3.05) is 10.6 Å². The number of ketones is 1. The van der Waals surface area contributed by atoms with Gasteiger partial charge in [0.05, 0.1) is 11.6 Å². The highest BCUT2D eigenvalue weighted by atomic mass is 16.2. The topological polar surface area (TPSA) is 108 Å². The highest BCUT2D eigenvalue weighted by Crippen LogP contribution is 2.15. The fourth-order valence-corrected chi connectivity index (χ4v) is 2.32. The normalized spacial score (nSPS) is 9.93. The SMILES string of the molecule is CC(=O)c1ccc(NC(=O)c2ccnc(Nc3cccc(C#N)c3)n2)cc1. The van der Waals surface area contributed by atoms with E-state index in [-0.39, 0.29) is 17.4 Å². The van der Waals surface area contributed by atoms with Crippen LogP contribution < -0.4 is 10.6 Å². The van der Waals surface area contributed by atoms with Crippen LogP contribution in [0.15, 0.2) is 60.8 Å². The van der Waals surface area contributed by atoms with Crippen molar-refractivity contribution in [2.24, 2.45) is 0 Å². The number of carbonyl (C=O) groups excluding carboxylic acids is 2. The average molecular weight is 357 g/mol. The fraction of sp³-hybridized carbons (Fsp3) is 0.0500. The maximum atomic E-state index is 12.4. The Balaban J connectivity index is 1.73. The molecule has 7 heteroatoms. The predicted molar refractivity (Wildman–Crippen MR) is 101 cm³/mol. The first-order chi connectivity index (χ1) is 13.0. The quantitative estimate of drug-likeness (QED) is 0.676. The number of nitrogens with one attached hydrogen (secondary N) is 2. The molecular formula is C20H15N5O2. The second-order valence-electron chi connectivity index (χ2n) is 5.67. The van der Waals surface area contributed by atoms with E-state index in [1.165, 1.54) is 19.2 Å². The standard InChI is InChI=1S/C20H15N5O2/c1-13(26)15-5-7-16(8-6-15)23-19(27)18-9-10-22-20(25-18)24-17-4-2-3-14(11-17)12-21/h2-11H,1H3,(H,23,27)(H,22,24,25). The number of Topliss-reactive ketones (excluding diaryl/α,β-unsaturated/α-hetero) is 1. The predicted octanol–water partition coefficient (Wildman–Crippen LogP) is 3.55. The van der Waals surface area contributed by atoms with Gasteiger partial charge in [-0.2, -0.15) is 5.26 Å². The largest absolute Gasteiger partial charge is 0.324 e. The molecule has 2 aromatic carbocycles. The zero-order valence-electron chi connectivity index (χ0n) is 14.4. The molecule has 0 saturated heterocycles. The Kier molecular flexibility index (Phi) is 5.19. The van der Waals surface area contributed by atoms with Gasteiger partial charge in [-0.25, -0.2) is 9.97 Å². The molecule has 0 aliphatic rings. The molecule has 0 unspecified atom stereocenters. The van der Waals surface area contributed by atoms with Crippen LogP contribution in [0, 0.1) is 11.3 Å². The minimum Gasteiger partial charge on any atom is -0.324 e. The minimum atomic E-state index is -0.401. The van der Waals surface area contributed by atoms with Gasteiger partial charge in [0.15, 0.2) is 5.78 Å². The van der Waals surface area contributed by atoms with Gasteiger partial charge < -0.3 is 10.6 Å². The molecule has 0 saturated carbocycles. The molecule has 3 aromatic rings. The lowest BCUT2D eigenvalue weighted by molar-refractivity contribution is 0.101. The number of hydrogen-bond acceptors (Lipinski definition) is 6. The van der Waals surface area contributed by atoms with Crippen molar-refractivity contribution in [3.63, 3.8) is 0 Å². The summed E-state index contributed by atoms with van der Waals surface area (Å²) in [5.74, 6) is -0.202. The number of benzene rings is 2. The second kappa shape index (κ2) is 7.89. The van der Waals surface area contributed by atoms with E-state index in [4.69, 9.17) is 5.26 Å². The van der Waals surface area contributed by atoms with Crippen molar-refractivity contribution < 1.29 is 9.59 Å². The molecule has 132 valence electrons. The van der Waals surface area contributed by atoms with Crippen LogP contribution in [0.1, 0.15) is 33.3 Å². The molecule has 2 N–H and O–H groups in total. The Bertz CT molecular complexity index is 1040. The first-order valence-corrected chi connectivity index (χ1v) is 8.08. The molecule has 0 aliphatic carbocycles. The lowest BCUT2D eigenvalue weighted by atomic mass is 10.1. The van der Waals surface area contributed by atoms with E-state index >= 15 is 0 Å². The number of anilines is 3. The molecule has 3 rings (SSSR count). The summed E-state index contributed by atoms with van der Waals surface area (Å²) in [5.41, 5.74) is 2.45. The maximum absolute atomic E-state index is 12.4. The Morgan fingerprint density at radius 1 is 1.04 bits per heavy atom. The van der Waals surface area contributed by atoms with Crippen LogP contribution in [0.5, 0.6) is 0 Å². The van der Waals surface area contributed by atoms with Gasteiger partial charge in [0.25, 0.3) is 5.91 Å². The summed E-state index contributed by atoms with van der Waals surface area (Å²) in [6.45, 7) is 1.48. The molecule has 1 heterocycles. The van der Waals surface area contributed by atoms with Gasteiger partial charge in [0.1, 0.15) is 5.69 Å². The van der Waals surface area contributed by atoms with Crippen molar-refractivity contribution in [3.05, 3.63) is 77.6 Å². The summed E-state index contributed by atoms with van der Waals surface area (Å²) >= 11 is 0. The van der Waals surface area contributed by atoms with Crippen LogP contribution >= 0.6 is 0 Å². The molecule has 0 spiro atoms. The fourth-order valence-electron chi connectivity index (χ4n) is 2.32. The third-order valence-electron chi connectivity index (χ3n) is 3.69. The number of carbonyl (C=O) groups is 2. The highest BCUT2D eigenvalue weighted by molar-refractivity contribution is 6.03. The Hall–Kier alpha value is -4.05. The number of rotatable bonds is 5. The summed E-state index contributed by atoms with van der Waals surface area (Å²) in [6, 6.07) is 17.0.